The van der Waals surface area contributed by atoms with Gasteiger partial charge in [-0.3, -0.25) is 9.48 Å². The lowest BCUT2D eigenvalue weighted by atomic mass is 10.0. The Bertz CT molecular complexity index is 1130. The molecule has 1 fully saturated rings. The number of sulfone groups is 1. The number of piperidine rings is 1. The number of nitrogens with zero attached hydrogens (tertiary/aromatic N) is 5. The summed E-state index contributed by atoms with van der Waals surface area (Å²) in [7, 11) is -1.83. The molecule has 1 saturated heterocycles. The predicted molar refractivity (Wildman–Crippen MR) is 128 cm³/mol. The van der Waals surface area contributed by atoms with Crippen molar-refractivity contribution >= 4 is 27.5 Å². The second-order valence-corrected chi connectivity index (χ2v) is 11.1. The van der Waals surface area contributed by atoms with E-state index < -0.39 is 9.84 Å². The van der Waals surface area contributed by atoms with Gasteiger partial charge in [-0.25, -0.2) is 13.4 Å². The molecule has 34 heavy (non-hydrogen) atoms. The Labute approximate surface area is 200 Å². The van der Waals surface area contributed by atoms with Crippen LogP contribution in [0, 0.1) is 6.92 Å². The van der Waals surface area contributed by atoms with E-state index in [1.807, 2.05) is 29.6 Å². The van der Waals surface area contributed by atoms with Gasteiger partial charge in [0.1, 0.15) is 4.90 Å². The highest BCUT2D eigenvalue weighted by atomic mass is 32.2. The molecule has 0 bridgehead atoms. The molecule has 0 aromatic carbocycles. The summed E-state index contributed by atoms with van der Waals surface area (Å²) in [6.07, 6.45) is 6.05. The number of carbonyl (C=O) groups excluding carboxylic acids is 1. The summed E-state index contributed by atoms with van der Waals surface area (Å²) in [5, 5.41) is 11.0. The van der Waals surface area contributed by atoms with Crippen LogP contribution in [-0.4, -0.2) is 83.6 Å². The lowest BCUT2D eigenvalue weighted by Gasteiger charge is -2.32. The quantitative estimate of drug-likeness (QED) is 0.532. The molecular weight excluding hydrogens is 458 g/mol. The SMILES string of the molecule is COCCC(=O)N1CCC(Nc2nc3c(c(NC(C)Cn4cc(C)cn4)n2)S(=O)(=O)CC3)CC1. The van der Waals surface area contributed by atoms with Gasteiger partial charge in [0, 0.05) is 44.9 Å². The first kappa shape index (κ1) is 24.4. The third-order valence-electron chi connectivity index (χ3n) is 6.16. The van der Waals surface area contributed by atoms with Crippen LogP contribution in [0.1, 0.15) is 37.4 Å². The molecule has 0 aliphatic carbocycles. The van der Waals surface area contributed by atoms with E-state index >= 15 is 0 Å². The van der Waals surface area contributed by atoms with Crippen molar-refractivity contribution < 1.29 is 17.9 Å². The fraction of sp³-hybridized carbons (Fsp3) is 0.636. The average Bonchev–Trinajstić information content (AvgIpc) is 3.34. The van der Waals surface area contributed by atoms with Gasteiger partial charge in [-0.15, -0.1) is 0 Å². The van der Waals surface area contributed by atoms with Gasteiger partial charge >= 0.3 is 0 Å². The number of ether oxygens (including phenoxy) is 1. The number of carbonyl (C=O) groups is 1. The van der Waals surface area contributed by atoms with Gasteiger partial charge in [-0.1, -0.05) is 0 Å². The second-order valence-electron chi connectivity index (χ2n) is 9.07. The maximum atomic E-state index is 12.7. The molecule has 1 atom stereocenters. The fourth-order valence-electron chi connectivity index (χ4n) is 4.42. The van der Waals surface area contributed by atoms with Crippen LogP contribution in [-0.2, 0) is 32.3 Å². The van der Waals surface area contributed by atoms with E-state index in [1.54, 1.807) is 13.3 Å². The predicted octanol–water partition coefficient (Wildman–Crippen LogP) is 1.25. The number of methoxy groups -OCH3 is 1. The first-order valence-electron chi connectivity index (χ1n) is 11.7. The number of anilines is 2. The molecule has 2 aliphatic heterocycles. The third kappa shape index (κ3) is 5.66. The van der Waals surface area contributed by atoms with Crippen molar-refractivity contribution in [3.05, 3.63) is 23.7 Å². The van der Waals surface area contributed by atoms with E-state index in [0.717, 1.165) is 18.4 Å². The summed E-state index contributed by atoms with van der Waals surface area (Å²) in [5.74, 6) is 0.912. The van der Waals surface area contributed by atoms with Crippen LogP contribution < -0.4 is 10.6 Å². The number of amides is 1. The summed E-state index contributed by atoms with van der Waals surface area (Å²) >= 11 is 0. The van der Waals surface area contributed by atoms with Crippen molar-refractivity contribution in [1.82, 2.24) is 24.6 Å². The van der Waals surface area contributed by atoms with Crippen LogP contribution in [0.15, 0.2) is 17.3 Å². The summed E-state index contributed by atoms with van der Waals surface area (Å²) in [6, 6.07) is 0.0168. The van der Waals surface area contributed by atoms with Crippen molar-refractivity contribution in [2.45, 2.75) is 63.1 Å². The number of aromatic nitrogens is 4. The molecule has 0 radical (unpaired) electrons. The minimum Gasteiger partial charge on any atom is -0.384 e. The molecule has 4 rings (SSSR count). The van der Waals surface area contributed by atoms with E-state index in [4.69, 9.17) is 4.74 Å². The molecule has 12 heteroatoms. The Morgan fingerprint density at radius 3 is 2.74 bits per heavy atom. The summed E-state index contributed by atoms with van der Waals surface area (Å²) in [6.45, 7) is 6.26. The minimum absolute atomic E-state index is 0.0455. The Hall–Kier alpha value is -2.73. The molecule has 2 aliphatic rings. The number of aryl methyl sites for hydroxylation is 2. The van der Waals surface area contributed by atoms with E-state index in [9.17, 15) is 13.2 Å². The van der Waals surface area contributed by atoms with Gasteiger partial charge in [0.05, 0.1) is 37.2 Å². The van der Waals surface area contributed by atoms with E-state index in [2.05, 4.69) is 25.7 Å². The highest BCUT2D eigenvalue weighted by molar-refractivity contribution is 7.91. The van der Waals surface area contributed by atoms with Crippen LogP contribution in [0.25, 0.3) is 0 Å². The summed E-state index contributed by atoms with van der Waals surface area (Å²) < 4.78 is 32.2. The Morgan fingerprint density at radius 1 is 1.29 bits per heavy atom. The summed E-state index contributed by atoms with van der Waals surface area (Å²) in [4.78, 5) is 23.4. The van der Waals surface area contributed by atoms with E-state index in [1.165, 1.54) is 0 Å². The highest BCUT2D eigenvalue weighted by Crippen LogP contribution is 2.32. The number of likely N-dealkylation sites (tertiary alicyclic amines) is 1. The first-order chi connectivity index (χ1) is 16.2. The number of fused-ring (bicyclic) bond motifs is 1. The van der Waals surface area contributed by atoms with Gasteiger partial charge in [0.25, 0.3) is 0 Å². The average molecular weight is 492 g/mol. The van der Waals surface area contributed by atoms with Crippen LogP contribution >= 0.6 is 0 Å². The number of nitrogens with one attached hydrogen (secondary N) is 2. The molecule has 2 N–H and O–H groups in total. The van der Waals surface area contributed by atoms with Gasteiger partial charge in [-0.05, 0) is 32.3 Å². The molecule has 11 nitrogen and oxygen atoms in total. The number of hydrogen-bond acceptors (Lipinski definition) is 9. The van der Waals surface area contributed by atoms with Crippen molar-refractivity contribution in [2.75, 3.05) is 43.2 Å². The normalized spacial score (nSPS) is 18.5. The number of rotatable bonds is 9. The summed E-state index contributed by atoms with van der Waals surface area (Å²) in [5.41, 5.74) is 1.62. The van der Waals surface area contributed by atoms with Gasteiger partial charge in [-0.2, -0.15) is 10.1 Å². The molecule has 0 saturated carbocycles. The molecule has 2 aromatic heterocycles. The first-order valence-corrected chi connectivity index (χ1v) is 13.3. The molecule has 2 aromatic rings. The Morgan fingerprint density at radius 2 is 2.06 bits per heavy atom. The van der Waals surface area contributed by atoms with Crippen molar-refractivity contribution in [1.29, 1.82) is 0 Å². The minimum atomic E-state index is -3.42. The van der Waals surface area contributed by atoms with E-state index in [0.29, 0.717) is 56.5 Å². The molecule has 1 amide bonds. The zero-order valence-electron chi connectivity index (χ0n) is 20.0. The fourth-order valence-corrected chi connectivity index (χ4v) is 5.99. The van der Waals surface area contributed by atoms with Crippen molar-refractivity contribution in [3.63, 3.8) is 0 Å². The van der Waals surface area contributed by atoms with Gasteiger partial charge < -0.3 is 20.3 Å². The van der Waals surface area contributed by atoms with Crippen LogP contribution in [0.3, 0.4) is 0 Å². The van der Waals surface area contributed by atoms with Gasteiger partial charge in [0.2, 0.25) is 11.9 Å². The topological polar surface area (TPSA) is 131 Å². The van der Waals surface area contributed by atoms with E-state index in [-0.39, 0.29) is 28.6 Å². The van der Waals surface area contributed by atoms with Crippen LogP contribution in [0.5, 0.6) is 0 Å². The molecule has 1 unspecified atom stereocenters. The molecular formula is C22H33N7O4S. The Kier molecular flexibility index (Phi) is 7.36. The standard InChI is InChI=1S/C22H33N7O4S/c1-15-12-23-29(13-15)14-16(2)24-21-20-18(7-11-34(20,31)32)26-22(27-21)25-17-4-8-28(9-5-17)19(30)6-10-33-3/h12-13,16-17H,4-11,14H2,1-3H3,(H2,24,25,26,27). The zero-order chi connectivity index (χ0) is 24.3. The van der Waals surface area contributed by atoms with Crippen molar-refractivity contribution in [2.24, 2.45) is 0 Å². The maximum Gasteiger partial charge on any atom is 0.225 e. The van der Waals surface area contributed by atoms with Crippen LogP contribution in [0.4, 0.5) is 11.8 Å². The smallest absolute Gasteiger partial charge is 0.225 e. The molecule has 4 heterocycles. The largest absolute Gasteiger partial charge is 0.384 e. The van der Waals surface area contributed by atoms with Crippen LogP contribution in [0.2, 0.25) is 0 Å². The highest BCUT2D eigenvalue weighted by Gasteiger charge is 2.33. The Balaban J connectivity index is 1.45. The monoisotopic (exact) mass is 491 g/mol. The zero-order valence-corrected chi connectivity index (χ0v) is 20.8. The lowest BCUT2D eigenvalue weighted by molar-refractivity contribution is -0.133. The number of hydrogen-bond donors (Lipinski definition) is 2. The molecule has 186 valence electrons. The lowest BCUT2D eigenvalue weighted by Crippen LogP contribution is -2.42. The van der Waals surface area contributed by atoms with Gasteiger partial charge in [0.15, 0.2) is 15.7 Å². The third-order valence-corrected chi connectivity index (χ3v) is 7.95. The molecule has 0 spiro atoms. The van der Waals surface area contributed by atoms with Crippen molar-refractivity contribution in [3.8, 4) is 0 Å². The maximum absolute atomic E-state index is 12.7. The second kappa shape index (κ2) is 10.3.